The molecule has 0 aromatic carbocycles. The van der Waals surface area contributed by atoms with Gasteiger partial charge < -0.3 is 10.6 Å². The molecule has 0 atom stereocenters. The Labute approximate surface area is 96.9 Å². The topological polar surface area (TPSA) is 55.0 Å². The Morgan fingerprint density at radius 1 is 1.38 bits per heavy atom. The minimum atomic E-state index is 0.666. The molecule has 0 bridgehead atoms. The van der Waals surface area contributed by atoms with Gasteiger partial charge in [-0.05, 0) is 37.8 Å². The summed E-state index contributed by atoms with van der Waals surface area (Å²) in [5.74, 6) is 0.898. The number of nitrogens with two attached hydrogens (primary N) is 1. The summed E-state index contributed by atoms with van der Waals surface area (Å²) in [6.45, 7) is 4.99. The Balaban J connectivity index is 2.21. The molecule has 1 aliphatic heterocycles. The average molecular weight is 220 g/mol. The lowest BCUT2D eigenvalue weighted by Crippen LogP contribution is -2.21. The van der Waals surface area contributed by atoms with Crippen molar-refractivity contribution in [1.29, 1.82) is 0 Å². The fourth-order valence-corrected chi connectivity index (χ4v) is 2.17. The van der Waals surface area contributed by atoms with Crippen LogP contribution in [0.15, 0.2) is 6.20 Å². The summed E-state index contributed by atoms with van der Waals surface area (Å²) in [6.07, 6.45) is 6.30. The predicted octanol–water partition coefficient (Wildman–Crippen LogP) is 1.14. The maximum Gasteiger partial charge on any atom is 0.225 e. The van der Waals surface area contributed by atoms with Gasteiger partial charge in [-0.15, -0.1) is 0 Å². The van der Waals surface area contributed by atoms with E-state index in [0.717, 1.165) is 37.6 Å². The second-order valence-corrected chi connectivity index (χ2v) is 4.23. The van der Waals surface area contributed by atoms with Crippen molar-refractivity contribution in [2.24, 2.45) is 5.73 Å². The molecule has 1 fully saturated rings. The second kappa shape index (κ2) is 5.25. The van der Waals surface area contributed by atoms with Gasteiger partial charge in [0.25, 0.3) is 0 Å². The van der Waals surface area contributed by atoms with Gasteiger partial charge in [0.05, 0.1) is 0 Å². The SMILES string of the molecule is CCc1nc(N2CCCC2)ncc1CCN. The van der Waals surface area contributed by atoms with Gasteiger partial charge in [0.2, 0.25) is 5.95 Å². The average Bonchev–Trinajstić information content (AvgIpc) is 2.83. The van der Waals surface area contributed by atoms with E-state index in [4.69, 9.17) is 5.73 Å². The minimum Gasteiger partial charge on any atom is -0.341 e. The zero-order chi connectivity index (χ0) is 11.4. The van der Waals surface area contributed by atoms with Crippen LogP contribution < -0.4 is 10.6 Å². The zero-order valence-corrected chi connectivity index (χ0v) is 9.95. The van der Waals surface area contributed by atoms with Crippen molar-refractivity contribution >= 4 is 5.95 Å². The first-order valence-corrected chi connectivity index (χ1v) is 6.15. The molecule has 4 nitrogen and oxygen atoms in total. The van der Waals surface area contributed by atoms with E-state index in [9.17, 15) is 0 Å². The van der Waals surface area contributed by atoms with Gasteiger partial charge in [-0.25, -0.2) is 9.97 Å². The number of hydrogen-bond acceptors (Lipinski definition) is 4. The molecule has 0 aliphatic carbocycles. The van der Waals surface area contributed by atoms with Crippen molar-refractivity contribution in [1.82, 2.24) is 9.97 Å². The Morgan fingerprint density at radius 2 is 2.12 bits per heavy atom. The van der Waals surface area contributed by atoms with E-state index in [0.29, 0.717) is 6.54 Å². The van der Waals surface area contributed by atoms with Crippen LogP contribution in [0.25, 0.3) is 0 Å². The van der Waals surface area contributed by atoms with Crippen molar-refractivity contribution in [2.75, 3.05) is 24.5 Å². The van der Waals surface area contributed by atoms with Gasteiger partial charge in [-0.3, -0.25) is 0 Å². The number of anilines is 1. The fourth-order valence-electron chi connectivity index (χ4n) is 2.17. The third-order valence-electron chi connectivity index (χ3n) is 3.08. The second-order valence-electron chi connectivity index (χ2n) is 4.23. The highest BCUT2D eigenvalue weighted by atomic mass is 15.3. The molecule has 2 heterocycles. The third kappa shape index (κ3) is 2.32. The van der Waals surface area contributed by atoms with E-state index in [-0.39, 0.29) is 0 Å². The van der Waals surface area contributed by atoms with Gasteiger partial charge in [-0.2, -0.15) is 0 Å². The summed E-state index contributed by atoms with van der Waals surface area (Å²) in [4.78, 5) is 11.4. The van der Waals surface area contributed by atoms with Crippen LogP contribution in [-0.4, -0.2) is 29.6 Å². The number of aromatic nitrogens is 2. The number of nitrogens with zero attached hydrogens (tertiary/aromatic N) is 3. The van der Waals surface area contributed by atoms with Crippen molar-refractivity contribution in [3.63, 3.8) is 0 Å². The first-order chi connectivity index (χ1) is 7.85. The first-order valence-electron chi connectivity index (χ1n) is 6.15. The Morgan fingerprint density at radius 3 is 2.75 bits per heavy atom. The highest BCUT2D eigenvalue weighted by Gasteiger charge is 2.15. The van der Waals surface area contributed by atoms with Gasteiger partial charge in [0.1, 0.15) is 0 Å². The van der Waals surface area contributed by atoms with Gasteiger partial charge >= 0.3 is 0 Å². The first kappa shape index (κ1) is 11.3. The summed E-state index contributed by atoms with van der Waals surface area (Å²) in [7, 11) is 0. The van der Waals surface area contributed by atoms with Crippen LogP contribution in [0.3, 0.4) is 0 Å². The molecule has 16 heavy (non-hydrogen) atoms. The van der Waals surface area contributed by atoms with Gasteiger partial charge in [0, 0.05) is 25.0 Å². The maximum absolute atomic E-state index is 5.58. The molecule has 0 unspecified atom stereocenters. The van der Waals surface area contributed by atoms with Crippen molar-refractivity contribution in [2.45, 2.75) is 32.6 Å². The van der Waals surface area contributed by atoms with E-state index in [1.165, 1.54) is 18.4 Å². The van der Waals surface area contributed by atoms with Crippen molar-refractivity contribution in [3.8, 4) is 0 Å². The molecule has 1 saturated heterocycles. The Hall–Kier alpha value is -1.16. The van der Waals surface area contributed by atoms with Crippen LogP contribution in [-0.2, 0) is 12.8 Å². The molecular weight excluding hydrogens is 200 g/mol. The molecule has 0 radical (unpaired) electrons. The van der Waals surface area contributed by atoms with Crippen molar-refractivity contribution in [3.05, 3.63) is 17.5 Å². The van der Waals surface area contributed by atoms with E-state index < -0.39 is 0 Å². The van der Waals surface area contributed by atoms with Gasteiger partial charge in [-0.1, -0.05) is 6.92 Å². The molecule has 2 rings (SSSR count). The standard InChI is InChI=1S/C12H20N4/c1-2-11-10(5-6-13)9-14-12(15-11)16-7-3-4-8-16/h9H,2-8,13H2,1H3. The largest absolute Gasteiger partial charge is 0.341 e. The summed E-state index contributed by atoms with van der Waals surface area (Å²) >= 11 is 0. The molecule has 88 valence electrons. The monoisotopic (exact) mass is 220 g/mol. The van der Waals surface area contributed by atoms with E-state index in [1.54, 1.807) is 0 Å². The summed E-state index contributed by atoms with van der Waals surface area (Å²) in [6, 6.07) is 0. The van der Waals surface area contributed by atoms with Crippen LogP contribution in [0.4, 0.5) is 5.95 Å². The molecular formula is C12H20N4. The van der Waals surface area contributed by atoms with Crippen LogP contribution >= 0.6 is 0 Å². The third-order valence-corrected chi connectivity index (χ3v) is 3.08. The molecule has 4 heteroatoms. The van der Waals surface area contributed by atoms with Crippen LogP contribution in [0.2, 0.25) is 0 Å². The number of aryl methyl sites for hydroxylation is 1. The number of rotatable bonds is 4. The normalized spacial score (nSPS) is 15.8. The van der Waals surface area contributed by atoms with Crippen molar-refractivity contribution < 1.29 is 0 Å². The van der Waals surface area contributed by atoms with E-state index in [1.807, 2.05) is 6.20 Å². The fraction of sp³-hybridized carbons (Fsp3) is 0.667. The highest BCUT2D eigenvalue weighted by molar-refractivity contribution is 5.34. The molecule has 1 aromatic rings. The molecule has 1 aromatic heterocycles. The van der Waals surface area contributed by atoms with Crippen LogP contribution in [0.5, 0.6) is 0 Å². The lowest BCUT2D eigenvalue weighted by Gasteiger charge is -2.16. The Bertz CT molecular complexity index is 345. The summed E-state index contributed by atoms with van der Waals surface area (Å²) < 4.78 is 0. The summed E-state index contributed by atoms with van der Waals surface area (Å²) in [5.41, 5.74) is 7.94. The molecule has 0 spiro atoms. The van der Waals surface area contributed by atoms with E-state index >= 15 is 0 Å². The van der Waals surface area contributed by atoms with Crippen LogP contribution in [0.1, 0.15) is 31.0 Å². The van der Waals surface area contributed by atoms with E-state index in [2.05, 4.69) is 21.8 Å². The minimum absolute atomic E-state index is 0.666. The molecule has 1 aliphatic rings. The lowest BCUT2D eigenvalue weighted by molar-refractivity contribution is 0.840. The zero-order valence-electron chi connectivity index (χ0n) is 9.95. The molecule has 2 N–H and O–H groups in total. The predicted molar refractivity (Wildman–Crippen MR) is 65.6 cm³/mol. The van der Waals surface area contributed by atoms with Gasteiger partial charge in [0.15, 0.2) is 0 Å². The molecule has 0 saturated carbocycles. The van der Waals surface area contributed by atoms with Crippen LogP contribution in [0, 0.1) is 0 Å². The number of hydrogen-bond donors (Lipinski definition) is 1. The maximum atomic E-state index is 5.58. The Kier molecular flexibility index (Phi) is 3.72. The smallest absolute Gasteiger partial charge is 0.225 e. The molecule has 0 amide bonds. The highest BCUT2D eigenvalue weighted by Crippen LogP contribution is 2.17. The summed E-state index contributed by atoms with van der Waals surface area (Å²) in [5, 5.41) is 0. The quantitative estimate of drug-likeness (QED) is 0.826. The lowest BCUT2D eigenvalue weighted by atomic mass is 10.1.